The van der Waals surface area contributed by atoms with Crippen molar-refractivity contribution in [2.24, 2.45) is 5.92 Å². The van der Waals surface area contributed by atoms with E-state index in [1.54, 1.807) is 6.92 Å². The molecule has 0 bridgehead atoms. The first-order valence-corrected chi connectivity index (χ1v) is 7.78. The predicted octanol–water partition coefficient (Wildman–Crippen LogP) is 1.38. The van der Waals surface area contributed by atoms with Gasteiger partial charge in [-0.05, 0) is 39.7 Å². The van der Waals surface area contributed by atoms with Crippen molar-refractivity contribution in [3.8, 4) is 0 Å². The summed E-state index contributed by atoms with van der Waals surface area (Å²) in [6.07, 6.45) is 1.54. The van der Waals surface area contributed by atoms with Crippen LogP contribution in [0.25, 0.3) is 0 Å². The lowest BCUT2D eigenvalue weighted by Crippen LogP contribution is -2.39. The van der Waals surface area contributed by atoms with Crippen molar-refractivity contribution in [2.45, 2.75) is 33.6 Å². The molecule has 122 valence electrons. The minimum atomic E-state index is -0.0315. The Bertz CT molecular complexity index is 683. The number of rotatable bonds is 3. The van der Waals surface area contributed by atoms with Crippen molar-refractivity contribution in [3.05, 3.63) is 23.3 Å². The minimum absolute atomic E-state index is 0.0232. The number of nitrogens with one attached hydrogen (secondary N) is 2. The number of aryl methyl sites for hydroxylation is 3. The number of amides is 1. The molecule has 0 atom stereocenters. The molecule has 1 aliphatic heterocycles. The van der Waals surface area contributed by atoms with E-state index in [4.69, 9.17) is 0 Å². The summed E-state index contributed by atoms with van der Waals surface area (Å²) in [7, 11) is 0. The zero-order chi connectivity index (χ0) is 16.4. The number of nitrogens with zero attached hydrogens (tertiary/aromatic N) is 5. The lowest BCUT2D eigenvalue weighted by atomic mass is 9.96. The smallest absolute Gasteiger partial charge is 0.248 e. The molecule has 2 N–H and O–H groups in total. The van der Waals surface area contributed by atoms with Gasteiger partial charge >= 0.3 is 0 Å². The van der Waals surface area contributed by atoms with Crippen molar-refractivity contribution >= 4 is 17.8 Å². The van der Waals surface area contributed by atoms with E-state index in [0.29, 0.717) is 11.8 Å². The maximum Gasteiger partial charge on any atom is 0.248 e. The number of carbonyl (C=O) groups excluding carboxylic acids is 1. The van der Waals surface area contributed by atoms with Crippen LogP contribution in [0.5, 0.6) is 0 Å². The summed E-state index contributed by atoms with van der Waals surface area (Å²) in [6.45, 7) is 7.28. The summed E-state index contributed by atoms with van der Waals surface area (Å²) in [4.78, 5) is 27.5. The molecule has 0 saturated carbocycles. The number of carbonyl (C=O) groups is 1. The Labute approximate surface area is 134 Å². The van der Waals surface area contributed by atoms with Gasteiger partial charge in [0, 0.05) is 30.4 Å². The van der Waals surface area contributed by atoms with Gasteiger partial charge in [0.2, 0.25) is 17.8 Å². The van der Waals surface area contributed by atoms with Gasteiger partial charge in [-0.1, -0.05) is 0 Å². The van der Waals surface area contributed by atoms with E-state index in [0.717, 1.165) is 43.3 Å². The molecule has 3 heterocycles. The molecule has 3 rings (SSSR count). The first-order chi connectivity index (χ1) is 11.0. The average Bonchev–Trinajstić information content (AvgIpc) is 2.91. The third kappa shape index (κ3) is 3.64. The van der Waals surface area contributed by atoms with Crippen LogP contribution in [0.3, 0.4) is 0 Å². The van der Waals surface area contributed by atoms with Crippen LogP contribution < -0.4 is 10.2 Å². The molecule has 2 aromatic rings. The number of piperidine rings is 1. The summed E-state index contributed by atoms with van der Waals surface area (Å²) < 4.78 is 0. The highest BCUT2D eigenvalue weighted by atomic mass is 16.2. The van der Waals surface area contributed by atoms with E-state index in [2.05, 4.69) is 35.4 Å². The second-order valence-corrected chi connectivity index (χ2v) is 5.95. The number of aromatic nitrogens is 5. The fourth-order valence-corrected chi connectivity index (χ4v) is 2.80. The van der Waals surface area contributed by atoms with Crippen molar-refractivity contribution < 1.29 is 4.79 Å². The number of H-pyrrole nitrogens is 1. The van der Waals surface area contributed by atoms with E-state index < -0.39 is 0 Å². The van der Waals surface area contributed by atoms with Crippen molar-refractivity contribution in [1.82, 2.24) is 25.1 Å². The first kappa shape index (κ1) is 15.4. The van der Waals surface area contributed by atoms with E-state index >= 15 is 0 Å². The van der Waals surface area contributed by atoms with Crippen LogP contribution in [0.4, 0.5) is 11.9 Å². The Morgan fingerprint density at radius 1 is 1.17 bits per heavy atom. The number of aromatic amines is 1. The minimum Gasteiger partial charge on any atom is -0.341 e. The second kappa shape index (κ2) is 6.31. The molecule has 0 radical (unpaired) electrons. The molecule has 0 unspecified atom stereocenters. The van der Waals surface area contributed by atoms with Crippen LogP contribution in [0.15, 0.2) is 6.07 Å². The zero-order valence-electron chi connectivity index (χ0n) is 13.6. The summed E-state index contributed by atoms with van der Waals surface area (Å²) in [5, 5.41) is 9.41. The van der Waals surface area contributed by atoms with Crippen LogP contribution in [-0.2, 0) is 4.79 Å². The Morgan fingerprint density at radius 2 is 1.83 bits per heavy atom. The highest BCUT2D eigenvalue weighted by molar-refractivity contribution is 5.91. The van der Waals surface area contributed by atoms with Crippen LogP contribution in [-0.4, -0.2) is 44.1 Å². The van der Waals surface area contributed by atoms with Gasteiger partial charge in [-0.2, -0.15) is 4.98 Å². The maximum atomic E-state index is 12.3. The molecule has 1 aliphatic rings. The molecule has 8 nitrogen and oxygen atoms in total. The van der Waals surface area contributed by atoms with Gasteiger partial charge in [-0.15, -0.1) is 5.10 Å². The monoisotopic (exact) mass is 315 g/mol. The third-order valence-corrected chi connectivity index (χ3v) is 3.95. The quantitative estimate of drug-likeness (QED) is 0.887. The largest absolute Gasteiger partial charge is 0.341 e. The Morgan fingerprint density at radius 3 is 2.39 bits per heavy atom. The first-order valence-electron chi connectivity index (χ1n) is 7.78. The zero-order valence-corrected chi connectivity index (χ0v) is 13.6. The van der Waals surface area contributed by atoms with E-state index in [1.165, 1.54) is 0 Å². The van der Waals surface area contributed by atoms with Crippen LogP contribution >= 0.6 is 0 Å². The van der Waals surface area contributed by atoms with E-state index in [-0.39, 0.29) is 11.8 Å². The molecule has 2 aromatic heterocycles. The molecule has 1 amide bonds. The van der Waals surface area contributed by atoms with Crippen LogP contribution in [0.1, 0.15) is 30.1 Å². The molecule has 0 spiro atoms. The Balaban J connectivity index is 1.58. The topological polar surface area (TPSA) is 99.7 Å². The third-order valence-electron chi connectivity index (χ3n) is 3.95. The second-order valence-electron chi connectivity index (χ2n) is 5.95. The average molecular weight is 315 g/mol. The molecule has 1 saturated heterocycles. The van der Waals surface area contributed by atoms with E-state index in [1.807, 2.05) is 19.9 Å². The standard InChI is InChI=1S/C15H21N7O/c1-9-8-10(2)17-15(16-9)22-6-4-12(5-7-22)13(23)19-14-18-11(3)20-21-14/h8,12H,4-7H2,1-3H3,(H2,18,19,20,21,23). The summed E-state index contributed by atoms with van der Waals surface area (Å²) in [6, 6.07) is 1.96. The number of hydrogen-bond acceptors (Lipinski definition) is 6. The fourth-order valence-electron chi connectivity index (χ4n) is 2.80. The molecule has 0 aliphatic carbocycles. The maximum absolute atomic E-state index is 12.3. The van der Waals surface area contributed by atoms with Crippen LogP contribution in [0, 0.1) is 26.7 Å². The molecule has 1 fully saturated rings. The highest BCUT2D eigenvalue weighted by Gasteiger charge is 2.27. The molecular weight excluding hydrogens is 294 g/mol. The van der Waals surface area contributed by atoms with Crippen LogP contribution in [0.2, 0.25) is 0 Å². The summed E-state index contributed by atoms with van der Waals surface area (Å²) in [5.41, 5.74) is 1.93. The van der Waals surface area contributed by atoms with Gasteiger partial charge in [0.25, 0.3) is 0 Å². The van der Waals surface area contributed by atoms with Gasteiger partial charge in [0.15, 0.2) is 0 Å². The highest BCUT2D eigenvalue weighted by Crippen LogP contribution is 2.22. The van der Waals surface area contributed by atoms with Gasteiger partial charge in [-0.25, -0.2) is 9.97 Å². The van der Waals surface area contributed by atoms with Gasteiger partial charge < -0.3 is 4.90 Å². The van der Waals surface area contributed by atoms with Crippen molar-refractivity contribution in [2.75, 3.05) is 23.3 Å². The van der Waals surface area contributed by atoms with Gasteiger partial charge in [0.05, 0.1) is 0 Å². The predicted molar refractivity (Wildman–Crippen MR) is 86.2 cm³/mol. The molecule has 8 heteroatoms. The van der Waals surface area contributed by atoms with Crippen molar-refractivity contribution in [3.63, 3.8) is 0 Å². The van der Waals surface area contributed by atoms with E-state index in [9.17, 15) is 4.79 Å². The summed E-state index contributed by atoms with van der Waals surface area (Å²) in [5.74, 6) is 1.72. The fraction of sp³-hybridized carbons (Fsp3) is 0.533. The lowest BCUT2D eigenvalue weighted by Gasteiger charge is -2.31. The SMILES string of the molecule is Cc1cc(C)nc(N2CCC(C(=O)Nc3n[nH]c(C)n3)CC2)n1. The molecular formula is C15H21N7O. The normalized spacial score (nSPS) is 15.7. The van der Waals surface area contributed by atoms with Gasteiger partial charge in [0.1, 0.15) is 5.82 Å². The number of anilines is 2. The lowest BCUT2D eigenvalue weighted by molar-refractivity contribution is -0.120. The molecule has 0 aromatic carbocycles. The summed E-state index contributed by atoms with van der Waals surface area (Å²) >= 11 is 0. The van der Waals surface area contributed by atoms with Crippen molar-refractivity contribution in [1.29, 1.82) is 0 Å². The van der Waals surface area contributed by atoms with Gasteiger partial charge in [-0.3, -0.25) is 15.2 Å². The Kier molecular flexibility index (Phi) is 4.22. The molecule has 23 heavy (non-hydrogen) atoms. The number of hydrogen-bond donors (Lipinski definition) is 2. The Hall–Kier alpha value is -2.51.